The van der Waals surface area contributed by atoms with E-state index in [1.54, 1.807) is 0 Å². The highest BCUT2D eigenvalue weighted by Crippen LogP contribution is 2.18. The van der Waals surface area contributed by atoms with Crippen molar-refractivity contribution in [2.45, 2.75) is 0 Å². The zero-order valence-electron chi connectivity index (χ0n) is 7.95. The van der Waals surface area contributed by atoms with Gasteiger partial charge in [-0.15, -0.1) is 0 Å². The van der Waals surface area contributed by atoms with Crippen LogP contribution in [-0.2, 0) is 4.79 Å². The van der Waals surface area contributed by atoms with Gasteiger partial charge in [0.05, 0.1) is 16.8 Å². The predicted octanol–water partition coefficient (Wildman–Crippen LogP) is -0.0571. The summed E-state index contributed by atoms with van der Waals surface area (Å²) in [6.45, 7) is 0. The number of anilines is 1. The Morgan fingerprint density at radius 1 is 1.38 bits per heavy atom. The number of primary amides is 1. The number of nitrogen functional groups attached to an aromatic ring is 1. The number of rotatable bonds is 1. The zero-order valence-corrected chi connectivity index (χ0v) is 7.95. The molecular formula is C10H7FN2O3. The van der Waals surface area contributed by atoms with Crippen LogP contribution in [0.5, 0.6) is 0 Å². The average molecular weight is 222 g/mol. The summed E-state index contributed by atoms with van der Waals surface area (Å²) in [6.07, 6.45) is 0. The van der Waals surface area contributed by atoms with Crippen LogP contribution in [0.3, 0.4) is 0 Å². The molecule has 5 nitrogen and oxygen atoms in total. The number of carboxylic acids is 1. The quantitative estimate of drug-likeness (QED) is 0.457. The number of halogens is 1. The van der Waals surface area contributed by atoms with E-state index in [1.165, 1.54) is 0 Å². The highest BCUT2D eigenvalue weighted by Gasteiger charge is 2.12. The third kappa shape index (κ3) is 2.48. The van der Waals surface area contributed by atoms with Crippen molar-refractivity contribution in [2.75, 3.05) is 5.73 Å². The van der Waals surface area contributed by atoms with Crippen molar-refractivity contribution in [3.63, 3.8) is 0 Å². The molecule has 1 amide bonds. The van der Waals surface area contributed by atoms with E-state index in [0.717, 1.165) is 12.1 Å². The van der Waals surface area contributed by atoms with Gasteiger partial charge in [-0.1, -0.05) is 5.92 Å². The summed E-state index contributed by atoms with van der Waals surface area (Å²) in [5, 5.41) is 8.71. The van der Waals surface area contributed by atoms with Gasteiger partial charge in [-0.2, -0.15) is 0 Å². The van der Waals surface area contributed by atoms with Gasteiger partial charge in [0.1, 0.15) is 5.82 Å². The van der Waals surface area contributed by atoms with Crippen LogP contribution in [0.25, 0.3) is 0 Å². The van der Waals surface area contributed by atoms with Crippen LogP contribution in [-0.4, -0.2) is 17.0 Å². The molecule has 0 aliphatic carbocycles. The van der Waals surface area contributed by atoms with E-state index in [2.05, 4.69) is 5.92 Å². The van der Waals surface area contributed by atoms with Gasteiger partial charge in [-0.05, 0) is 12.1 Å². The maximum atomic E-state index is 13.0. The molecule has 0 aromatic heterocycles. The number of hydrogen-bond donors (Lipinski definition) is 3. The molecule has 16 heavy (non-hydrogen) atoms. The molecule has 0 aliphatic rings. The molecule has 1 aromatic rings. The largest absolute Gasteiger partial charge is 0.478 e. The lowest BCUT2D eigenvalue weighted by Gasteiger charge is -2.03. The highest BCUT2D eigenvalue weighted by atomic mass is 19.1. The number of carbonyl (C=O) groups excluding carboxylic acids is 1. The molecule has 0 saturated carbocycles. The first-order valence-corrected chi connectivity index (χ1v) is 4.05. The van der Waals surface area contributed by atoms with Crippen molar-refractivity contribution in [3.05, 3.63) is 29.1 Å². The number of hydrogen-bond acceptors (Lipinski definition) is 3. The molecule has 1 aromatic carbocycles. The Labute approximate surface area is 89.9 Å². The second-order valence-electron chi connectivity index (χ2n) is 2.83. The molecule has 0 aliphatic heterocycles. The third-order valence-corrected chi connectivity index (χ3v) is 1.70. The Hall–Kier alpha value is -2.55. The molecule has 82 valence electrons. The van der Waals surface area contributed by atoms with Crippen molar-refractivity contribution >= 4 is 17.6 Å². The number of nitrogens with two attached hydrogens (primary N) is 2. The van der Waals surface area contributed by atoms with Crippen molar-refractivity contribution in [3.8, 4) is 11.8 Å². The summed E-state index contributed by atoms with van der Waals surface area (Å²) >= 11 is 0. The summed E-state index contributed by atoms with van der Waals surface area (Å²) < 4.78 is 13.0. The van der Waals surface area contributed by atoms with Crippen LogP contribution < -0.4 is 11.5 Å². The van der Waals surface area contributed by atoms with Crippen LogP contribution in [0.2, 0.25) is 0 Å². The normalized spacial score (nSPS) is 9.06. The smallest absolute Gasteiger partial charge is 0.337 e. The minimum absolute atomic E-state index is 0.0869. The summed E-state index contributed by atoms with van der Waals surface area (Å²) in [4.78, 5) is 21.1. The van der Waals surface area contributed by atoms with Gasteiger partial charge in [0.2, 0.25) is 0 Å². The number of aromatic carboxylic acids is 1. The van der Waals surface area contributed by atoms with Crippen LogP contribution in [0.4, 0.5) is 10.1 Å². The van der Waals surface area contributed by atoms with E-state index in [4.69, 9.17) is 16.6 Å². The van der Waals surface area contributed by atoms with Crippen molar-refractivity contribution < 1.29 is 19.1 Å². The highest BCUT2D eigenvalue weighted by molar-refractivity contribution is 5.96. The Bertz CT molecular complexity index is 529. The molecule has 0 fully saturated rings. The fourth-order valence-electron chi connectivity index (χ4n) is 1.03. The zero-order chi connectivity index (χ0) is 12.3. The minimum atomic E-state index is -1.38. The van der Waals surface area contributed by atoms with Gasteiger partial charge in [-0.25, -0.2) is 9.18 Å². The standard InChI is InChI=1S/C10H7FN2O3/c11-6-3-5(1-2-8(12)14)9(13)7(4-6)10(15)16/h3-4H,13H2,(H2,12,14)(H,15,16). The SMILES string of the molecule is NC(=O)C#Cc1cc(F)cc(C(=O)O)c1N. The summed E-state index contributed by atoms with van der Waals surface area (Å²) in [5.41, 5.74) is 9.50. The van der Waals surface area contributed by atoms with Crippen molar-refractivity contribution in [2.24, 2.45) is 5.73 Å². The Morgan fingerprint density at radius 2 is 2.00 bits per heavy atom. The van der Waals surface area contributed by atoms with Gasteiger partial charge < -0.3 is 16.6 Å². The van der Waals surface area contributed by atoms with Crippen LogP contribution in [0.1, 0.15) is 15.9 Å². The Kier molecular flexibility index (Phi) is 3.11. The maximum Gasteiger partial charge on any atom is 0.337 e. The fraction of sp³-hybridized carbons (Fsp3) is 0. The average Bonchev–Trinajstić information content (AvgIpc) is 2.18. The molecule has 0 radical (unpaired) electrons. The van der Waals surface area contributed by atoms with E-state index < -0.39 is 23.3 Å². The molecule has 0 spiro atoms. The summed E-state index contributed by atoms with van der Waals surface area (Å²) in [6, 6.07) is 1.70. The molecule has 0 atom stereocenters. The molecule has 1 rings (SSSR count). The summed E-state index contributed by atoms with van der Waals surface area (Å²) in [5.74, 6) is 1.04. The van der Waals surface area contributed by atoms with Gasteiger partial charge in [-0.3, -0.25) is 4.79 Å². The topological polar surface area (TPSA) is 106 Å². The molecule has 0 bridgehead atoms. The first kappa shape index (κ1) is 11.5. The number of carboxylic acid groups (broad SMARTS) is 1. The molecule has 5 N–H and O–H groups in total. The summed E-state index contributed by atoms with van der Waals surface area (Å²) in [7, 11) is 0. The molecule has 0 unspecified atom stereocenters. The van der Waals surface area contributed by atoms with E-state index in [1.807, 2.05) is 5.92 Å². The molecular weight excluding hydrogens is 215 g/mol. The third-order valence-electron chi connectivity index (χ3n) is 1.70. The lowest BCUT2D eigenvalue weighted by atomic mass is 10.1. The second-order valence-corrected chi connectivity index (χ2v) is 2.83. The minimum Gasteiger partial charge on any atom is -0.478 e. The van der Waals surface area contributed by atoms with Crippen molar-refractivity contribution in [1.82, 2.24) is 0 Å². The Balaban J connectivity index is 3.37. The number of benzene rings is 1. The fourth-order valence-corrected chi connectivity index (χ4v) is 1.03. The predicted molar refractivity (Wildman–Crippen MR) is 53.8 cm³/mol. The van der Waals surface area contributed by atoms with Crippen LogP contribution >= 0.6 is 0 Å². The van der Waals surface area contributed by atoms with Crippen molar-refractivity contribution in [1.29, 1.82) is 0 Å². The van der Waals surface area contributed by atoms with E-state index >= 15 is 0 Å². The van der Waals surface area contributed by atoms with Crippen LogP contribution in [0, 0.1) is 17.7 Å². The number of amides is 1. The number of carbonyl (C=O) groups is 2. The van der Waals surface area contributed by atoms with Gasteiger partial charge in [0, 0.05) is 5.92 Å². The first-order valence-electron chi connectivity index (χ1n) is 4.05. The van der Waals surface area contributed by atoms with Crippen LogP contribution in [0.15, 0.2) is 12.1 Å². The molecule has 0 saturated heterocycles. The lowest BCUT2D eigenvalue weighted by molar-refractivity contribution is -0.112. The lowest BCUT2D eigenvalue weighted by Crippen LogP contribution is -2.08. The molecule has 6 heteroatoms. The van der Waals surface area contributed by atoms with Gasteiger partial charge in [0.25, 0.3) is 5.91 Å². The van der Waals surface area contributed by atoms with Gasteiger partial charge >= 0.3 is 5.97 Å². The Morgan fingerprint density at radius 3 is 2.50 bits per heavy atom. The van der Waals surface area contributed by atoms with E-state index in [0.29, 0.717) is 0 Å². The maximum absolute atomic E-state index is 13.0. The van der Waals surface area contributed by atoms with E-state index in [-0.39, 0.29) is 11.3 Å². The monoisotopic (exact) mass is 222 g/mol. The van der Waals surface area contributed by atoms with Gasteiger partial charge in [0.15, 0.2) is 0 Å². The molecule has 0 heterocycles. The first-order chi connectivity index (χ1) is 7.41. The second kappa shape index (κ2) is 4.31. The van der Waals surface area contributed by atoms with E-state index in [9.17, 15) is 14.0 Å².